The van der Waals surface area contributed by atoms with Crippen LogP contribution in [0.15, 0.2) is 18.5 Å². The fraction of sp³-hybridized carbons (Fsp3) is 0.417. The van der Waals surface area contributed by atoms with E-state index in [1.54, 1.807) is 18.5 Å². The molecular weight excluding hydrogens is 216 g/mol. The highest BCUT2D eigenvalue weighted by molar-refractivity contribution is 5.78. The normalized spacial score (nSPS) is 10.8. The summed E-state index contributed by atoms with van der Waals surface area (Å²) >= 11 is 0. The van der Waals surface area contributed by atoms with Crippen molar-refractivity contribution in [2.75, 3.05) is 0 Å². The molecule has 0 aromatic carbocycles. The Bertz CT molecular complexity index is 525. The SMILES string of the molecule is CCc1nn(C(=O)n2cccn2)c(C)c1CC. The molecule has 0 saturated heterocycles. The van der Waals surface area contributed by atoms with Crippen molar-refractivity contribution < 1.29 is 4.79 Å². The fourth-order valence-corrected chi connectivity index (χ4v) is 2.00. The molecule has 0 aliphatic rings. The fourth-order valence-electron chi connectivity index (χ4n) is 2.00. The van der Waals surface area contributed by atoms with Crippen molar-refractivity contribution >= 4 is 6.03 Å². The predicted octanol–water partition coefficient (Wildman–Crippen LogP) is 2.03. The number of hydrogen-bond acceptors (Lipinski definition) is 3. The van der Waals surface area contributed by atoms with Gasteiger partial charge in [0.1, 0.15) is 0 Å². The lowest BCUT2D eigenvalue weighted by molar-refractivity contribution is 0.237. The molecule has 17 heavy (non-hydrogen) atoms. The highest BCUT2D eigenvalue weighted by atomic mass is 16.2. The molecule has 2 rings (SSSR count). The third-order valence-corrected chi connectivity index (χ3v) is 2.89. The molecule has 0 bridgehead atoms. The van der Waals surface area contributed by atoms with E-state index in [0.717, 1.165) is 29.8 Å². The molecule has 2 heterocycles. The molecule has 0 atom stereocenters. The molecule has 0 N–H and O–H groups in total. The molecule has 0 aliphatic carbocycles. The predicted molar refractivity (Wildman–Crippen MR) is 64.1 cm³/mol. The van der Waals surface area contributed by atoms with Crippen LogP contribution in [0.4, 0.5) is 4.79 Å². The number of rotatable bonds is 2. The summed E-state index contributed by atoms with van der Waals surface area (Å²) in [5, 5.41) is 8.29. The van der Waals surface area contributed by atoms with Crippen LogP contribution in [0.1, 0.15) is 30.8 Å². The summed E-state index contributed by atoms with van der Waals surface area (Å²) < 4.78 is 2.73. The summed E-state index contributed by atoms with van der Waals surface area (Å²) in [6.45, 7) is 6.04. The number of hydrogen-bond donors (Lipinski definition) is 0. The van der Waals surface area contributed by atoms with E-state index in [1.165, 1.54) is 9.36 Å². The zero-order chi connectivity index (χ0) is 12.4. The van der Waals surface area contributed by atoms with E-state index < -0.39 is 0 Å². The minimum absolute atomic E-state index is 0.234. The molecule has 0 spiro atoms. The molecule has 5 heteroatoms. The van der Waals surface area contributed by atoms with Gasteiger partial charge in [-0.25, -0.2) is 4.79 Å². The number of aryl methyl sites for hydroxylation is 1. The van der Waals surface area contributed by atoms with Crippen molar-refractivity contribution in [3.63, 3.8) is 0 Å². The van der Waals surface area contributed by atoms with Crippen molar-refractivity contribution in [2.45, 2.75) is 33.6 Å². The first-order valence-corrected chi connectivity index (χ1v) is 5.80. The van der Waals surface area contributed by atoms with E-state index in [4.69, 9.17) is 0 Å². The molecule has 90 valence electrons. The highest BCUT2D eigenvalue weighted by Crippen LogP contribution is 2.15. The standard InChI is InChI=1S/C12H16N4O/c1-4-10-9(3)16(14-11(10)5-2)12(17)15-8-6-7-13-15/h6-8H,4-5H2,1-3H3. The molecular formula is C12H16N4O. The van der Waals surface area contributed by atoms with Gasteiger partial charge in [-0.3, -0.25) is 0 Å². The topological polar surface area (TPSA) is 52.7 Å². The maximum Gasteiger partial charge on any atom is 0.369 e. The van der Waals surface area contributed by atoms with E-state index in [9.17, 15) is 4.79 Å². The van der Waals surface area contributed by atoms with Crippen molar-refractivity contribution in [2.24, 2.45) is 0 Å². The lowest BCUT2D eigenvalue weighted by atomic mass is 10.1. The number of carbonyl (C=O) groups is 1. The molecule has 0 aliphatic heterocycles. The van der Waals surface area contributed by atoms with Gasteiger partial charge in [0.15, 0.2) is 0 Å². The lowest BCUT2D eigenvalue weighted by Gasteiger charge is -2.02. The monoisotopic (exact) mass is 232 g/mol. The molecule has 0 fully saturated rings. The van der Waals surface area contributed by atoms with Crippen LogP contribution in [0.25, 0.3) is 0 Å². The van der Waals surface area contributed by atoms with Gasteiger partial charge in [0.2, 0.25) is 0 Å². The van der Waals surface area contributed by atoms with Crippen LogP contribution in [0.2, 0.25) is 0 Å². The Morgan fingerprint density at radius 2 is 2.12 bits per heavy atom. The van der Waals surface area contributed by atoms with Crippen molar-refractivity contribution in [1.82, 2.24) is 19.6 Å². The largest absolute Gasteiger partial charge is 0.369 e. The van der Waals surface area contributed by atoms with Gasteiger partial charge in [-0.2, -0.15) is 19.6 Å². The van der Waals surface area contributed by atoms with Crippen LogP contribution >= 0.6 is 0 Å². The first-order chi connectivity index (χ1) is 8.19. The molecule has 0 radical (unpaired) electrons. The van der Waals surface area contributed by atoms with E-state index in [1.807, 2.05) is 13.8 Å². The lowest BCUT2D eigenvalue weighted by Crippen LogP contribution is -2.22. The zero-order valence-corrected chi connectivity index (χ0v) is 10.3. The van der Waals surface area contributed by atoms with Gasteiger partial charge in [0.05, 0.1) is 5.69 Å². The molecule has 2 aromatic rings. The summed E-state index contributed by atoms with van der Waals surface area (Å²) in [5.74, 6) is 0. The van der Waals surface area contributed by atoms with Gasteiger partial charge in [-0.15, -0.1) is 0 Å². The Balaban J connectivity index is 2.46. The van der Waals surface area contributed by atoms with Gasteiger partial charge >= 0.3 is 6.03 Å². The van der Waals surface area contributed by atoms with Gasteiger partial charge in [0, 0.05) is 18.1 Å². The Kier molecular flexibility index (Phi) is 3.08. The van der Waals surface area contributed by atoms with Crippen molar-refractivity contribution in [3.8, 4) is 0 Å². The summed E-state index contributed by atoms with van der Waals surface area (Å²) in [4.78, 5) is 12.1. The minimum atomic E-state index is -0.234. The highest BCUT2D eigenvalue weighted by Gasteiger charge is 2.17. The second-order valence-electron chi connectivity index (χ2n) is 3.86. The third kappa shape index (κ3) is 1.88. The summed E-state index contributed by atoms with van der Waals surface area (Å²) in [6.07, 6.45) is 4.93. The molecule has 0 amide bonds. The maximum atomic E-state index is 12.1. The first-order valence-electron chi connectivity index (χ1n) is 5.80. The maximum absolute atomic E-state index is 12.1. The van der Waals surface area contributed by atoms with Crippen LogP contribution in [-0.2, 0) is 12.8 Å². The summed E-state index contributed by atoms with van der Waals surface area (Å²) in [7, 11) is 0. The van der Waals surface area contributed by atoms with Crippen LogP contribution in [0, 0.1) is 6.92 Å². The molecule has 2 aromatic heterocycles. The molecule has 0 saturated carbocycles. The van der Waals surface area contributed by atoms with Gasteiger partial charge in [-0.1, -0.05) is 13.8 Å². The van der Waals surface area contributed by atoms with Crippen LogP contribution in [0.5, 0.6) is 0 Å². The minimum Gasteiger partial charge on any atom is -0.244 e. The summed E-state index contributed by atoms with van der Waals surface area (Å²) in [5.41, 5.74) is 3.06. The molecule has 5 nitrogen and oxygen atoms in total. The van der Waals surface area contributed by atoms with E-state index in [2.05, 4.69) is 17.1 Å². The van der Waals surface area contributed by atoms with E-state index in [0.29, 0.717) is 0 Å². The van der Waals surface area contributed by atoms with Gasteiger partial charge in [0.25, 0.3) is 0 Å². The van der Waals surface area contributed by atoms with Crippen molar-refractivity contribution in [1.29, 1.82) is 0 Å². The zero-order valence-electron chi connectivity index (χ0n) is 10.3. The smallest absolute Gasteiger partial charge is 0.244 e. The van der Waals surface area contributed by atoms with Gasteiger partial charge in [-0.05, 0) is 31.4 Å². The second-order valence-corrected chi connectivity index (χ2v) is 3.86. The third-order valence-electron chi connectivity index (χ3n) is 2.89. The van der Waals surface area contributed by atoms with Crippen LogP contribution < -0.4 is 0 Å². The number of nitrogens with zero attached hydrogens (tertiary/aromatic N) is 4. The Labute approximate surface area is 100 Å². The summed E-state index contributed by atoms with van der Waals surface area (Å²) in [6, 6.07) is 1.49. The van der Waals surface area contributed by atoms with E-state index >= 15 is 0 Å². The average molecular weight is 232 g/mol. The Hall–Kier alpha value is -1.91. The number of aromatic nitrogens is 4. The van der Waals surface area contributed by atoms with E-state index in [-0.39, 0.29) is 6.03 Å². The first kappa shape index (κ1) is 11.6. The van der Waals surface area contributed by atoms with Gasteiger partial charge < -0.3 is 0 Å². The molecule has 0 unspecified atom stereocenters. The Morgan fingerprint density at radius 3 is 2.59 bits per heavy atom. The average Bonchev–Trinajstić information content (AvgIpc) is 2.95. The van der Waals surface area contributed by atoms with Crippen LogP contribution in [-0.4, -0.2) is 25.6 Å². The van der Waals surface area contributed by atoms with Crippen LogP contribution in [0.3, 0.4) is 0 Å². The second kappa shape index (κ2) is 4.53. The number of carbonyl (C=O) groups excluding carboxylic acids is 1. The quantitative estimate of drug-likeness (QED) is 0.796. The van der Waals surface area contributed by atoms with Crippen molar-refractivity contribution in [3.05, 3.63) is 35.4 Å². The Morgan fingerprint density at radius 1 is 1.35 bits per heavy atom.